The molecule has 0 aliphatic rings. The van der Waals surface area contributed by atoms with Crippen molar-refractivity contribution in [1.29, 1.82) is 0 Å². The van der Waals surface area contributed by atoms with E-state index in [1.54, 1.807) is 17.0 Å². The Morgan fingerprint density at radius 1 is 1.06 bits per heavy atom. The molecule has 0 amide bonds. The van der Waals surface area contributed by atoms with Crippen LogP contribution < -0.4 is 10.3 Å². The number of hydrogen-bond acceptors (Lipinski definition) is 6. The predicted octanol–water partition coefficient (Wildman–Crippen LogP) is 3.76. The van der Waals surface area contributed by atoms with E-state index in [9.17, 15) is 4.79 Å². The van der Waals surface area contributed by atoms with E-state index in [1.165, 1.54) is 10.9 Å². The lowest BCUT2D eigenvalue weighted by atomic mass is 10.2. The monoisotopic (exact) mass is 424 g/mol. The largest absolute Gasteiger partial charge is 0.494 e. The third kappa shape index (κ3) is 3.31. The van der Waals surface area contributed by atoms with Crippen LogP contribution in [0.5, 0.6) is 5.75 Å². The van der Waals surface area contributed by atoms with Crippen molar-refractivity contribution in [3.8, 4) is 5.75 Å². The summed E-state index contributed by atoms with van der Waals surface area (Å²) >= 11 is 0. The number of fused-ring (bicyclic) bond motifs is 4. The highest BCUT2D eigenvalue weighted by atomic mass is 16.5. The molecule has 2 aromatic carbocycles. The third-order valence-electron chi connectivity index (χ3n) is 5.05. The average molecular weight is 424 g/mol. The van der Waals surface area contributed by atoms with Gasteiger partial charge in [-0.25, -0.2) is 15.0 Å². The maximum atomic E-state index is 13.2. The van der Waals surface area contributed by atoms with Gasteiger partial charge in [0.15, 0.2) is 11.3 Å². The van der Waals surface area contributed by atoms with Gasteiger partial charge in [-0.05, 0) is 48.9 Å². The molecule has 0 bridgehead atoms. The maximum absolute atomic E-state index is 13.2. The molecule has 8 nitrogen and oxygen atoms in total. The Labute approximate surface area is 183 Å². The molecule has 3 aromatic heterocycles. The van der Waals surface area contributed by atoms with E-state index in [-0.39, 0.29) is 5.56 Å². The number of rotatable bonds is 6. The number of para-hydroxylation sites is 2. The summed E-state index contributed by atoms with van der Waals surface area (Å²) in [6, 6.07) is 15.1. The van der Waals surface area contributed by atoms with Crippen LogP contribution in [0.25, 0.3) is 33.2 Å². The fourth-order valence-electron chi connectivity index (χ4n) is 3.57. The van der Waals surface area contributed by atoms with Crippen LogP contribution in [0, 0.1) is 0 Å². The fourth-order valence-corrected chi connectivity index (χ4v) is 3.57. The molecule has 0 aliphatic carbocycles. The lowest BCUT2D eigenvalue weighted by Gasteiger charge is -2.03. The topological polar surface area (TPSA) is 87.2 Å². The van der Waals surface area contributed by atoms with E-state index in [0.29, 0.717) is 46.4 Å². The average Bonchev–Trinajstić information content (AvgIpc) is 3.12. The van der Waals surface area contributed by atoms with Gasteiger partial charge in [-0.2, -0.15) is 9.78 Å². The molecule has 0 fully saturated rings. The molecule has 0 spiro atoms. The Kier molecular flexibility index (Phi) is 4.95. The Morgan fingerprint density at radius 3 is 2.53 bits per heavy atom. The molecule has 8 heteroatoms. The molecular weight excluding hydrogens is 404 g/mol. The van der Waals surface area contributed by atoms with Gasteiger partial charge in [-0.1, -0.05) is 18.2 Å². The molecule has 158 valence electrons. The minimum Gasteiger partial charge on any atom is -0.494 e. The first-order chi connectivity index (χ1) is 15.7. The SMILES string of the molecule is C=CCn1cnc2c(c1=O)c1nc3ccccc3nc1n2/N=C/c1ccc(OCC)cc1. The zero-order valence-corrected chi connectivity index (χ0v) is 17.5. The van der Waals surface area contributed by atoms with Crippen molar-refractivity contribution in [3.63, 3.8) is 0 Å². The summed E-state index contributed by atoms with van der Waals surface area (Å²) in [5.74, 6) is 0.795. The van der Waals surface area contributed by atoms with E-state index in [2.05, 4.69) is 16.7 Å². The first kappa shape index (κ1) is 19.6. The van der Waals surface area contributed by atoms with Crippen LogP contribution >= 0.6 is 0 Å². The van der Waals surface area contributed by atoms with Gasteiger partial charge in [-0.15, -0.1) is 6.58 Å². The molecule has 3 heterocycles. The van der Waals surface area contributed by atoms with Gasteiger partial charge in [0.1, 0.15) is 23.0 Å². The van der Waals surface area contributed by atoms with Crippen LogP contribution in [0.4, 0.5) is 0 Å². The molecule has 5 aromatic rings. The lowest BCUT2D eigenvalue weighted by molar-refractivity contribution is 0.340. The molecule has 0 radical (unpaired) electrons. The normalized spacial score (nSPS) is 11.7. The molecular formula is C24H20N6O2. The quantitative estimate of drug-likeness (QED) is 0.306. The van der Waals surface area contributed by atoms with E-state index >= 15 is 0 Å². The number of hydrogen-bond donors (Lipinski definition) is 0. The second-order valence-corrected chi connectivity index (χ2v) is 7.13. The van der Waals surface area contributed by atoms with Gasteiger partial charge in [0.25, 0.3) is 5.56 Å². The summed E-state index contributed by atoms with van der Waals surface area (Å²) in [5.41, 5.74) is 3.43. The van der Waals surface area contributed by atoms with Gasteiger partial charge in [0.2, 0.25) is 0 Å². The van der Waals surface area contributed by atoms with Crippen molar-refractivity contribution in [2.24, 2.45) is 5.10 Å². The molecule has 32 heavy (non-hydrogen) atoms. The number of nitrogens with zero attached hydrogens (tertiary/aromatic N) is 6. The standard InChI is InChI=1S/C24H20N6O2/c1-3-13-29-15-25-22-20(24(29)31)21-23(28-19-8-6-5-7-18(19)27-21)30(22)26-14-16-9-11-17(12-10-16)32-4-2/h3,5-12,14-15H,1,4,13H2,2H3/b26-14+. The molecule has 0 unspecified atom stereocenters. The number of ether oxygens (including phenoxy) is 1. The Hall–Kier alpha value is -4.33. The Bertz CT molecular complexity index is 1550. The van der Waals surface area contributed by atoms with E-state index in [0.717, 1.165) is 11.3 Å². The van der Waals surface area contributed by atoms with Gasteiger partial charge in [-0.3, -0.25) is 9.36 Å². The van der Waals surface area contributed by atoms with Gasteiger partial charge >= 0.3 is 0 Å². The van der Waals surface area contributed by atoms with Crippen LogP contribution in [0.15, 0.2) is 77.4 Å². The highest BCUT2D eigenvalue weighted by Crippen LogP contribution is 2.25. The van der Waals surface area contributed by atoms with Crippen LogP contribution in [0.3, 0.4) is 0 Å². The predicted molar refractivity (Wildman–Crippen MR) is 125 cm³/mol. The summed E-state index contributed by atoms with van der Waals surface area (Å²) in [6.45, 7) is 6.62. The minimum atomic E-state index is -0.209. The number of aromatic nitrogens is 5. The highest BCUT2D eigenvalue weighted by Gasteiger charge is 2.19. The molecule has 5 rings (SSSR count). The van der Waals surface area contributed by atoms with E-state index in [4.69, 9.17) is 14.7 Å². The zero-order chi connectivity index (χ0) is 22.1. The zero-order valence-electron chi connectivity index (χ0n) is 17.5. The molecule has 0 saturated carbocycles. The minimum absolute atomic E-state index is 0.209. The molecule has 0 saturated heterocycles. The summed E-state index contributed by atoms with van der Waals surface area (Å²) in [5, 5.41) is 4.99. The number of allylic oxidation sites excluding steroid dienone is 1. The summed E-state index contributed by atoms with van der Waals surface area (Å²) in [7, 11) is 0. The fraction of sp³-hybridized carbons (Fsp3) is 0.125. The van der Waals surface area contributed by atoms with Crippen LogP contribution in [-0.4, -0.2) is 37.0 Å². The van der Waals surface area contributed by atoms with E-state index < -0.39 is 0 Å². The van der Waals surface area contributed by atoms with Crippen LogP contribution in [0.1, 0.15) is 12.5 Å². The highest BCUT2D eigenvalue weighted by molar-refractivity contribution is 6.04. The summed E-state index contributed by atoms with van der Waals surface area (Å²) in [6.07, 6.45) is 4.84. The number of benzene rings is 2. The van der Waals surface area contributed by atoms with Crippen molar-refractivity contribution < 1.29 is 4.74 Å². The van der Waals surface area contributed by atoms with Gasteiger partial charge in [0.05, 0.1) is 23.9 Å². The molecule has 0 aliphatic heterocycles. The first-order valence-corrected chi connectivity index (χ1v) is 10.2. The third-order valence-corrected chi connectivity index (χ3v) is 5.05. The van der Waals surface area contributed by atoms with Crippen molar-refractivity contribution >= 4 is 39.4 Å². The Morgan fingerprint density at radius 2 is 1.81 bits per heavy atom. The molecule has 0 N–H and O–H groups in total. The second kappa shape index (κ2) is 8.07. The lowest BCUT2D eigenvalue weighted by Crippen LogP contribution is -2.19. The van der Waals surface area contributed by atoms with Crippen LogP contribution in [0.2, 0.25) is 0 Å². The molecule has 0 atom stereocenters. The van der Waals surface area contributed by atoms with Crippen LogP contribution in [-0.2, 0) is 6.54 Å². The summed E-state index contributed by atoms with van der Waals surface area (Å²) < 4.78 is 8.55. The second-order valence-electron chi connectivity index (χ2n) is 7.13. The maximum Gasteiger partial charge on any atom is 0.265 e. The summed E-state index contributed by atoms with van der Waals surface area (Å²) in [4.78, 5) is 27.2. The van der Waals surface area contributed by atoms with Crippen molar-refractivity contribution in [2.45, 2.75) is 13.5 Å². The van der Waals surface area contributed by atoms with Gasteiger partial charge < -0.3 is 4.74 Å². The van der Waals surface area contributed by atoms with Crippen molar-refractivity contribution in [1.82, 2.24) is 24.2 Å². The van der Waals surface area contributed by atoms with Crippen molar-refractivity contribution in [3.05, 3.63) is 83.4 Å². The Balaban J connectivity index is 1.74. The smallest absolute Gasteiger partial charge is 0.265 e. The van der Waals surface area contributed by atoms with Gasteiger partial charge in [0, 0.05) is 6.54 Å². The first-order valence-electron chi connectivity index (χ1n) is 10.2. The van der Waals surface area contributed by atoms with Crippen molar-refractivity contribution in [2.75, 3.05) is 6.61 Å². The van der Waals surface area contributed by atoms with E-state index in [1.807, 2.05) is 55.5 Å².